The Morgan fingerprint density at radius 1 is 1.33 bits per heavy atom. The average Bonchev–Trinajstić information content (AvgIpc) is 2.61. The molecule has 0 aromatic heterocycles. The Balaban J connectivity index is 2.11. The third-order valence-electron chi connectivity index (χ3n) is 4.10. The summed E-state index contributed by atoms with van der Waals surface area (Å²) in [5.74, 6) is -1.95. The van der Waals surface area contributed by atoms with Crippen LogP contribution in [-0.4, -0.2) is 63.4 Å². The van der Waals surface area contributed by atoms with Crippen LogP contribution in [0.1, 0.15) is 33.1 Å². The van der Waals surface area contributed by atoms with Crippen LogP contribution in [0.4, 0.5) is 4.79 Å². The van der Waals surface area contributed by atoms with Crippen molar-refractivity contribution in [3.05, 3.63) is 0 Å². The highest BCUT2D eigenvalue weighted by Gasteiger charge is 2.47. The van der Waals surface area contributed by atoms with E-state index in [9.17, 15) is 24.3 Å². The van der Waals surface area contributed by atoms with Crippen molar-refractivity contribution in [3.63, 3.8) is 0 Å². The van der Waals surface area contributed by atoms with Crippen molar-refractivity contribution in [3.8, 4) is 0 Å². The van der Waals surface area contributed by atoms with Crippen LogP contribution in [-0.2, 0) is 14.4 Å². The summed E-state index contributed by atoms with van der Waals surface area (Å²) in [6, 6.07) is -1.47. The maximum absolute atomic E-state index is 12.3. The molecule has 116 valence electrons. The number of carbonyl (C=O) groups excluding carboxylic acids is 3. The molecular formula is C13H19N3O5. The molecule has 2 aliphatic heterocycles. The van der Waals surface area contributed by atoms with E-state index in [4.69, 9.17) is 0 Å². The van der Waals surface area contributed by atoms with Gasteiger partial charge in [0.25, 0.3) is 5.91 Å². The number of piperidine rings is 1. The summed E-state index contributed by atoms with van der Waals surface area (Å²) < 4.78 is 0. The first kappa shape index (κ1) is 15.3. The quantitative estimate of drug-likeness (QED) is 0.700. The van der Waals surface area contributed by atoms with Gasteiger partial charge in [0.15, 0.2) is 0 Å². The Morgan fingerprint density at radius 3 is 2.52 bits per heavy atom. The zero-order valence-electron chi connectivity index (χ0n) is 12.1. The van der Waals surface area contributed by atoms with Gasteiger partial charge in [-0.1, -0.05) is 0 Å². The van der Waals surface area contributed by atoms with E-state index in [2.05, 4.69) is 5.32 Å². The summed E-state index contributed by atoms with van der Waals surface area (Å²) in [5, 5.41) is 11.3. The molecular weight excluding hydrogens is 278 g/mol. The molecule has 2 N–H and O–H groups in total. The molecule has 8 nitrogen and oxygen atoms in total. The molecule has 1 atom stereocenters. The van der Waals surface area contributed by atoms with Crippen LogP contribution in [0.3, 0.4) is 0 Å². The maximum atomic E-state index is 12.3. The molecule has 0 aromatic carbocycles. The lowest BCUT2D eigenvalue weighted by Gasteiger charge is -2.35. The molecule has 1 unspecified atom stereocenters. The van der Waals surface area contributed by atoms with Gasteiger partial charge < -0.3 is 14.9 Å². The van der Waals surface area contributed by atoms with Gasteiger partial charge in [-0.2, -0.15) is 0 Å². The lowest BCUT2D eigenvalue weighted by Crippen LogP contribution is -2.54. The van der Waals surface area contributed by atoms with Crippen LogP contribution < -0.4 is 5.32 Å². The Morgan fingerprint density at radius 2 is 2.00 bits per heavy atom. The molecule has 0 aliphatic carbocycles. The third-order valence-corrected chi connectivity index (χ3v) is 4.10. The van der Waals surface area contributed by atoms with E-state index in [1.165, 1.54) is 4.90 Å². The van der Waals surface area contributed by atoms with Crippen LogP contribution >= 0.6 is 0 Å². The molecule has 2 saturated heterocycles. The number of aliphatic carboxylic acids is 1. The highest BCUT2D eigenvalue weighted by atomic mass is 16.4. The van der Waals surface area contributed by atoms with E-state index in [1.54, 1.807) is 13.8 Å². The van der Waals surface area contributed by atoms with Gasteiger partial charge in [-0.25, -0.2) is 9.59 Å². The van der Waals surface area contributed by atoms with Gasteiger partial charge >= 0.3 is 12.0 Å². The van der Waals surface area contributed by atoms with Crippen LogP contribution in [0.5, 0.6) is 0 Å². The summed E-state index contributed by atoms with van der Waals surface area (Å²) in [5.41, 5.74) is -1.11. The number of hydrogen-bond donors (Lipinski definition) is 2. The highest BCUT2D eigenvalue weighted by Crippen LogP contribution is 2.23. The summed E-state index contributed by atoms with van der Waals surface area (Å²) in [6.45, 7) is 3.16. The molecule has 2 heterocycles. The largest absolute Gasteiger partial charge is 0.480 e. The molecule has 2 fully saturated rings. The third kappa shape index (κ3) is 2.70. The molecule has 2 rings (SSSR count). The van der Waals surface area contributed by atoms with E-state index >= 15 is 0 Å². The van der Waals surface area contributed by atoms with Gasteiger partial charge in [0.1, 0.15) is 18.1 Å². The average molecular weight is 297 g/mol. The summed E-state index contributed by atoms with van der Waals surface area (Å²) in [4.78, 5) is 49.4. The van der Waals surface area contributed by atoms with E-state index in [0.29, 0.717) is 13.0 Å². The zero-order chi connectivity index (χ0) is 15.8. The molecule has 0 radical (unpaired) electrons. The number of carboxylic acids is 1. The Bertz CT molecular complexity index is 502. The first-order valence-corrected chi connectivity index (χ1v) is 6.90. The van der Waals surface area contributed by atoms with Crippen LogP contribution in [0, 0.1) is 0 Å². The number of amides is 4. The maximum Gasteiger partial charge on any atom is 0.326 e. The minimum absolute atomic E-state index is 0.297. The van der Waals surface area contributed by atoms with Gasteiger partial charge in [0, 0.05) is 6.54 Å². The van der Waals surface area contributed by atoms with Gasteiger partial charge in [-0.05, 0) is 33.1 Å². The fourth-order valence-electron chi connectivity index (χ4n) is 2.68. The van der Waals surface area contributed by atoms with Gasteiger partial charge in [0.05, 0.1) is 0 Å². The molecule has 21 heavy (non-hydrogen) atoms. The summed E-state index contributed by atoms with van der Waals surface area (Å²) in [7, 11) is 0. The number of nitrogens with one attached hydrogen (secondary N) is 1. The zero-order valence-corrected chi connectivity index (χ0v) is 12.1. The van der Waals surface area contributed by atoms with Crippen molar-refractivity contribution in [2.24, 2.45) is 0 Å². The Hall–Kier alpha value is -2.12. The van der Waals surface area contributed by atoms with Crippen LogP contribution in [0.15, 0.2) is 0 Å². The van der Waals surface area contributed by atoms with Crippen molar-refractivity contribution < 1.29 is 24.3 Å². The fraction of sp³-hybridized carbons (Fsp3) is 0.692. The Kier molecular flexibility index (Phi) is 3.89. The van der Waals surface area contributed by atoms with E-state index in [0.717, 1.165) is 17.7 Å². The number of likely N-dealkylation sites (tertiary alicyclic amines) is 1. The lowest BCUT2D eigenvalue weighted by molar-refractivity contribution is -0.152. The fourth-order valence-corrected chi connectivity index (χ4v) is 2.68. The minimum atomic E-state index is -1.11. The number of urea groups is 1. The molecule has 0 saturated carbocycles. The van der Waals surface area contributed by atoms with Crippen molar-refractivity contribution in [2.45, 2.75) is 44.7 Å². The normalized spacial score (nSPS) is 25.0. The second kappa shape index (κ2) is 5.34. The number of hydrogen-bond acceptors (Lipinski definition) is 4. The highest BCUT2D eigenvalue weighted by molar-refractivity contribution is 6.07. The number of carbonyl (C=O) groups is 4. The SMILES string of the molecule is CC1(C)C(=O)NC(=O)N1CC(=O)N1CCCCC1C(=O)O. The number of carboxylic acid groups (broad SMARTS) is 1. The molecule has 0 bridgehead atoms. The first-order chi connectivity index (χ1) is 9.75. The summed E-state index contributed by atoms with van der Waals surface area (Å²) in [6.07, 6.45) is 1.91. The first-order valence-electron chi connectivity index (χ1n) is 6.90. The van der Waals surface area contributed by atoms with Gasteiger partial charge in [-0.3, -0.25) is 14.9 Å². The topological polar surface area (TPSA) is 107 Å². The predicted molar refractivity (Wildman–Crippen MR) is 71.3 cm³/mol. The van der Waals surface area contributed by atoms with E-state index in [-0.39, 0.29) is 6.54 Å². The molecule has 2 aliphatic rings. The number of nitrogens with zero attached hydrogens (tertiary/aromatic N) is 2. The Labute approximate surface area is 122 Å². The smallest absolute Gasteiger partial charge is 0.326 e. The predicted octanol–water partition coefficient (Wildman–Crippen LogP) is -0.217. The second-order valence-corrected chi connectivity index (χ2v) is 5.84. The monoisotopic (exact) mass is 297 g/mol. The number of rotatable bonds is 3. The van der Waals surface area contributed by atoms with E-state index in [1.807, 2.05) is 0 Å². The van der Waals surface area contributed by atoms with E-state index < -0.39 is 35.4 Å². The molecule has 0 aromatic rings. The van der Waals surface area contributed by atoms with Crippen molar-refractivity contribution in [1.29, 1.82) is 0 Å². The molecule has 8 heteroatoms. The number of imide groups is 1. The van der Waals surface area contributed by atoms with Crippen LogP contribution in [0.25, 0.3) is 0 Å². The van der Waals surface area contributed by atoms with Crippen molar-refractivity contribution in [1.82, 2.24) is 15.1 Å². The standard InChI is InChI=1S/C13H19N3O5/c1-13(2)11(20)14-12(21)16(13)7-9(17)15-6-4-3-5-8(15)10(18)19/h8H,3-7H2,1-2H3,(H,18,19)(H,14,20,21). The minimum Gasteiger partial charge on any atom is -0.480 e. The molecule has 4 amide bonds. The molecule has 0 spiro atoms. The van der Waals surface area contributed by atoms with Gasteiger partial charge in [0.2, 0.25) is 5.91 Å². The lowest BCUT2D eigenvalue weighted by atomic mass is 10.0. The van der Waals surface area contributed by atoms with Crippen molar-refractivity contribution >= 4 is 23.8 Å². The van der Waals surface area contributed by atoms with Crippen LogP contribution in [0.2, 0.25) is 0 Å². The second-order valence-electron chi connectivity index (χ2n) is 5.84. The summed E-state index contributed by atoms with van der Waals surface area (Å²) >= 11 is 0. The van der Waals surface area contributed by atoms with Gasteiger partial charge in [-0.15, -0.1) is 0 Å². The van der Waals surface area contributed by atoms with Crippen molar-refractivity contribution in [2.75, 3.05) is 13.1 Å².